The zero-order chi connectivity index (χ0) is 38.1. The number of halogens is 2. The Balaban J connectivity index is 1.21. The number of benzene rings is 5. The van der Waals surface area contributed by atoms with Crippen LogP contribution in [0.25, 0.3) is 33.7 Å². The van der Waals surface area contributed by atoms with Gasteiger partial charge in [0, 0.05) is 35.5 Å². The molecule has 55 heavy (non-hydrogen) atoms. The molecule has 0 saturated heterocycles. The van der Waals surface area contributed by atoms with Crippen LogP contribution in [0.5, 0.6) is 0 Å². The van der Waals surface area contributed by atoms with Crippen molar-refractivity contribution in [1.82, 2.24) is 35.1 Å². The molecule has 3 aromatic heterocycles. The summed E-state index contributed by atoms with van der Waals surface area (Å²) in [5.74, 6) is 1.57. The number of imidazole rings is 1. The van der Waals surface area contributed by atoms with Crippen LogP contribution in [-0.2, 0) is 18.5 Å². The first kappa shape index (κ1) is 36.2. The minimum Gasteiger partial charge on any atom is -0.455 e. The first-order valence-electron chi connectivity index (χ1n) is 18.1. The molecule has 5 aromatic carbocycles. The van der Waals surface area contributed by atoms with Crippen LogP contribution in [0.2, 0.25) is 5.15 Å². The summed E-state index contributed by atoms with van der Waals surface area (Å²) in [6, 6.07) is 44.7. The molecule has 0 unspecified atom stereocenters. The van der Waals surface area contributed by atoms with Gasteiger partial charge in [0.25, 0.3) is 5.91 Å². The van der Waals surface area contributed by atoms with E-state index in [4.69, 9.17) is 31.4 Å². The van der Waals surface area contributed by atoms with E-state index in [-0.39, 0.29) is 17.1 Å². The predicted octanol–water partition coefficient (Wildman–Crippen LogP) is 9.95. The molecule has 0 spiro atoms. The first-order chi connectivity index (χ1) is 26.8. The number of carbonyl (C=O) groups excluding carboxylic acids is 1. The first-order valence-corrected chi connectivity index (χ1v) is 19.3. The number of amides is 1. The minimum atomic E-state index is -0.910. The molecular weight excluding hydrogens is 774 g/mol. The van der Waals surface area contributed by atoms with Gasteiger partial charge in [-0.2, -0.15) is 0 Å². The van der Waals surface area contributed by atoms with E-state index in [0.29, 0.717) is 35.8 Å². The van der Waals surface area contributed by atoms with Gasteiger partial charge in [-0.25, -0.2) is 4.98 Å². The molecule has 0 saturated carbocycles. The highest BCUT2D eigenvalue weighted by atomic mass is 79.9. The Labute approximate surface area is 332 Å². The lowest BCUT2D eigenvalue weighted by atomic mass is 9.77. The monoisotopic (exact) mass is 809 g/mol. The van der Waals surface area contributed by atoms with Crippen molar-refractivity contribution < 1.29 is 9.21 Å². The van der Waals surface area contributed by atoms with E-state index in [1.165, 1.54) is 0 Å². The largest absolute Gasteiger partial charge is 0.455 e. The molecule has 0 atom stereocenters. The summed E-state index contributed by atoms with van der Waals surface area (Å²) in [7, 11) is 0. The molecule has 0 bridgehead atoms. The van der Waals surface area contributed by atoms with Gasteiger partial charge < -0.3 is 14.3 Å². The van der Waals surface area contributed by atoms with Crippen molar-refractivity contribution in [3.8, 4) is 22.7 Å². The van der Waals surface area contributed by atoms with Crippen molar-refractivity contribution >= 4 is 44.4 Å². The second-order valence-electron chi connectivity index (χ2n) is 13.6. The summed E-state index contributed by atoms with van der Waals surface area (Å²) in [4.78, 5) is 19.4. The Hall–Kier alpha value is -5.84. The second kappa shape index (κ2) is 15.1. The summed E-state index contributed by atoms with van der Waals surface area (Å²) in [6.45, 7) is 6.23. The molecule has 1 N–H and O–H groups in total. The zero-order valence-corrected chi connectivity index (χ0v) is 32.8. The third-order valence-corrected chi connectivity index (χ3v) is 10.7. The van der Waals surface area contributed by atoms with Crippen LogP contribution in [0.3, 0.4) is 0 Å². The van der Waals surface area contributed by atoms with Crippen molar-refractivity contribution in [2.24, 2.45) is 0 Å². The second-order valence-corrected chi connectivity index (χ2v) is 14.7. The van der Waals surface area contributed by atoms with Crippen LogP contribution in [-0.4, -0.2) is 41.7 Å². The molecular formula is C44H37BrClN7O2. The van der Waals surface area contributed by atoms with E-state index < -0.39 is 5.54 Å². The fourth-order valence-corrected chi connectivity index (χ4v) is 8.14. The van der Waals surface area contributed by atoms with Crippen molar-refractivity contribution in [3.05, 3.63) is 177 Å². The molecule has 1 amide bonds. The van der Waals surface area contributed by atoms with Gasteiger partial charge in [-0.15, -0.1) is 15.0 Å². The number of nitrogens with zero attached hydrogens (tertiary/aromatic N) is 6. The molecule has 0 fully saturated rings. The van der Waals surface area contributed by atoms with Crippen molar-refractivity contribution in [1.29, 1.82) is 0 Å². The quantitative estimate of drug-likeness (QED) is 0.131. The number of fused-ring (bicyclic) bond motifs is 1. The lowest BCUT2D eigenvalue weighted by molar-refractivity contribution is 0.0934. The number of tetrazole rings is 1. The van der Waals surface area contributed by atoms with Crippen molar-refractivity contribution in [3.63, 3.8) is 0 Å². The highest BCUT2D eigenvalue weighted by Gasteiger charge is 2.41. The fraction of sp³-hybridized carbons (Fsp3) is 0.159. The maximum atomic E-state index is 13.2. The summed E-state index contributed by atoms with van der Waals surface area (Å²) >= 11 is 10.4. The van der Waals surface area contributed by atoms with Gasteiger partial charge in [0.15, 0.2) is 10.7 Å². The van der Waals surface area contributed by atoms with Crippen LogP contribution in [0.15, 0.2) is 142 Å². The molecule has 3 heterocycles. The summed E-state index contributed by atoms with van der Waals surface area (Å²) < 4.78 is 9.23. The molecule has 0 aliphatic rings. The average molecular weight is 811 g/mol. The normalized spacial score (nSPS) is 11.7. The van der Waals surface area contributed by atoms with Gasteiger partial charge in [0.2, 0.25) is 5.82 Å². The highest BCUT2D eigenvalue weighted by Crippen LogP contribution is 2.43. The zero-order valence-electron chi connectivity index (χ0n) is 30.4. The number of carbonyl (C=O) groups is 1. The van der Waals surface area contributed by atoms with E-state index in [9.17, 15) is 4.79 Å². The van der Waals surface area contributed by atoms with Gasteiger partial charge in [-0.05, 0) is 69.4 Å². The average Bonchev–Trinajstić information content (AvgIpc) is 3.92. The van der Waals surface area contributed by atoms with Gasteiger partial charge in [-0.3, -0.25) is 4.79 Å². The minimum absolute atomic E-state index is 0.0459. The van der Waals surface area contributed by atoms with Gasteiger partial charge in [0.05, 0.1) is 4.47 Å². The molecule has 274 valence electrons. The smallest absolute Gasteiger partial charge is 0.271 e. The van der Waals surface area contributed by atoms with E-state index in [1.54, 1.807) is 4.80 Å². The lowest BCUT2D eigenvalue weighted by Gasteiger charge is -2.34. The maximum absolute atomic E-state index is 13.2. The number of furan rings is 1. The Morgan fingerprint density at radius 1 is 0.836 bits per heavy atom. The standard InChI is InChI=1S/C44H37BrClN7O2/c1-4-37-48-41(46)39(43(54)47-28(2)3)52(37)27-29-24-25-36-35(26-29)38(45)40(55-36)33-22-14-15-23-34(33)42-49-51-53(50-42)44(30-16-8-5-9-17-30,31-18-10-6-11-19-31)32-20-12-7-13-21-32/h5-26,28H,4,27H2,1-3H3,(H,47,54). The number of hydrogen-bond donors (Lipinski definition) is 1. The van der Waals surface area contributed by atoms with Crippen LogP contribution >= 0.6 is 27.5 Å². The molecule has 0 radical (unpaired) electrons. The van der Waals surface area contributed by atoms with Crippen molar-refractivity contribution in [2.75, 3.05) is 0 Å². The van der Waals surface area contributed by atoms with Crippen LogP contribution < -0.4 is 5.32 Å². The van der Waals surface area contributed by atoms with E-state index in [1.807, 2.05) is 116 Å². The van der Waals surface area contributed by atoms with Gasteiger partial charge >= 0.3 is 0 Å². The number of hydrogen-bond acceptors (Lipinski definition) is 6. The number of nitrogens with one attached hydrogen (secondary N) is 1. The van der Waals surface area contributed by atoms with E-state index in [0.717, 1.165) is 49.1 Å². The molecule has 9 nitrogen and oxygen atoms in total. The number of aromatic nitrogens is 6. The molecule has 8 aromatic rings. The van der Waals surface area contributed by atoms with Crippen LogP contribution in [0, 0.1) is 0 Å². The highest BCUT2D eigenvalue weighted by molar-refractivity contribution is 9.10. The van der Waals surface area contributed by atoms with Crippen LogP contribution in [0.4, 0.5) is 0 Å². The molecule has 8 rings (SSSR count). The molecule has 0 aliphatic carbocycles. The van der Waals surface area contributed by atoms with Gasteiger partial charge in [-0.1, -0.05) is 140 Å². The fourth-order valence-electron chi connectivity index (χ4n) is 7.25. The Kier molecular flexibility index (Phi) is 9.94. The Morgan fingerprint density at radius 2 is 1.42 bits per heavy atom. The number of rotatable bonds is 11. The Morgan fingerprint density at radius 3 is 2.00 bits per heavy atom. The van der Waals surface area contributed by atoms with Gasteiger partial charge in [0.1, 0.15) is 22.9 Å². The van der Waals surface area contributed by atoms with Crippen molar-refractivity contribution in [2.45, 2.75) is 45.3 Å². The summed E-state index contributed by atoms with van der Waals surface area (Å²) in [6.07, 6.45) is 0.620. The molecule has 11 heteroatoms. The van der Waals surface area contributed by atoms with E-state index in [2.05, 4.69) is 68.7 Å². The third-order valence-electron chi connectivity index (χ3n) is 9.69. The lowest BCUT2D eigenvalue weighted by Crippen LogP contribution is -2.39. The Bertz CT molecular complexity index is 2520. The SMILES string of the molecule is CCc1nc(Cl)c(C(=O)NC(C)C)n1Cc1ccc2oc(-c3ccccc3-c3nnn(C(c4ccccc4)(c4ccccc4)c4ccccc4)n3)c(Br)c2c1. The van der Waals surface area contributed by atoms with Crippen LogP contribution in [0.1, 0.15) is 59.3 Å². The molecule has 0 aliphatic heterocycles. The summed E-state index contributed by atoms with van der Waals surface area (Å²) in [5.41, 5.74) is 5.66. The third kappa shape index (κ3) is 6.55. The predicted molar refractivity (Wildman–Crippen MR) is 219 cm³/mol. The van der Waals surface area contributed by atoms with E-state index >= 15 is 0 Å². The number of aryl methyl sites for hydroxylation is 1. The maximum Gasteiger partial charge on any atom is 0.271 e. The topological polar surface area (TPSA) is 104 Å². The summed E-state index contributed by atoms with van der Waals surface area (Å²) in [5, 5.41) is 18.7.